The van der Waals surface area contributed by atoms with Crippen LogP contribution in [0.5, 0.6) is 17.5 Å². The lowest BCUT2D eigenvalue weighted by molar-refractivity contribution is -0.133. The second-order valence-corrected chi connectivity index (χ2v) is 11.1. The molecular weight excluding hydrogens is 461 g/mol. The van der Waals surface area contributed by atoms with Crippen molar-refractivity contribution in [3.05, 3.63) is 35.9 Å². The number of aromatic nitrogens is 2. The number of rotatable bonds is 9. The van der Waals surface area contributed by atoms with Gasteiger partial charge in [0.15, 0.2) is 21.4 Å². The van der Waals surface area contributed by atoms with Gasteiger partial charge in [0.2, 0.25) is 17.7 Å². The van der Waals surface area contributed by atoms with Gasteiger partial charge in [-0.2, -0.15) is 0 Å². The molecule has 0 saturated carbocycles. The second kappa shape index (κ2) is 11.1. The third-order valence-electron chi connectivity index (χ3n) is 5.77. The van der Waals surface area contributed by atoms with Crippen LogP contribution in [0.3, 0.4) is 0 Å². The minimum Gasteiger partial charge on any atom is -0.474 e. The number of hydrogen-bond donors (Lipinski definition) is 0. The highest BCUT2D eigenvalue weighted by atomic mass is 32.2. The fraction of sp³-hybridized carbons (Fsp3) is 0.542. The molecule has 0 unspecified atom stereocenters. The van der Waals surface area contributed by atoms with Crippen molar-refractivity contribution in [3.8, 4) is 17.5 Å². The van der Waals surface area contributed by atoms with Gasteiger partial charge in [-0.25, -0.2) is 22.8 Å². The first-order chi connectivity index (χ1) is 16.0. The van der Waals surface area contributed by atoms with E-state index in [0.717, 1.165) is 25.2 Å². The predicted octanol–water partition coefficient (Wildman–Crippen LogP) is 4.32. The zero-order valence-electron chi connectivity index (χ0n) is 20.1. The maximum Gasteiger partial charge on any atom is 0.229 e. The zero-order valence-corrected chi connectivity index (χ0v) is 20.9. The smallest absolute Gasteiger partial charge is 0.229 e. The summed E-state index contributed by atoms with van der Waals surface area (Å²) in [5, 5.41) is 0. The van der Waals surface area contributed by atoms with Gasteiger partial charge in [-0.3, -0.25) is 4.79 Å². The summed E-state index contributed by atoms with van der Waals surface area (Å²) >= 11 is 0. The van der Waals surface area contributed by atoms with E-state index < -0.39 is 15.7 Å². The molecule has 2 aromatic rings. The fourth-order valence-electron chi connectivity index (χ4n) is 3.74. The van der Waals surface area contributed by atoms with Crippen molar-refractivity contribution < 1.29 is 27.1 Å². The molecule has 1 aliphatic heterocycles. The van der Waals surface area contributed by atoms with Crippen molar-refractivity contribution >= 4 is 15.7 Å². The number of carbonyl (C=O) groups is 1. The molecule has 1 amide bonds. The normalized spacial score (nSPS) is 14.9. The molecule has 1 saturated heterocycles. The summed E-state index contributed by atoms with van der Waals surface area (Å²) in [6, 6.07) is 3.44. The van der Waals surface area contributed by atoms with E-state index >= 15 is 0 Å². The highest BCUT2D eigenvalue weighted by Crippen LogP contribution is 2.31. The van der Waals surface area contributed by atoms with Crippen LogP contribution in [-0.2, 0) is 14.6 Å². The number of piperidine rings is 1. The maximum atomic E-state index is 14.4. The first-order valence-electron chi connectivity index (χ1n) is 11.5. The number of benzene rings is 1. The molecule has 10 heteroatoms. The molecule has 0 N–H and O–H groups in total. The van der Waals surface area contributed by atoms with E-state index in [4.69, 9.17) is 9.47 Å². The molecule has 0 bridgehead atoms. The number of sulfone groups is 1. The number of hydrogen-bond acceptors (Lipinski definition) is 7. The van der Waals surface area contributed by atoms with E-state index in [9.17, 15) is 17.6 Å². The molecule has 1 aromatic heterocycles. The number of nitrogens with zero attached hydrogens (tertiary/aromatic N) is 3. The van der Waals surface area contributed by atoms with E-state index in [-0.39, 0.29) is 28.5 Å². The molecule has 1 aromatic carbocycles. The molecule has 34 heavy (non-hydrogen) atoms. The summed E-state index contributed by atoms with van der Waals surface area (Å²) in [5.41, 5.74) is 0.501. The number of carbonyl (C=O) groups excluding carboxylic acids is 1. The minimum atomic E-state index is -3.53. The van der Waals surface area contributed by atoms with Crippen LogP contribution in [0.2, 0.25) is 0 Å². The Morgan fingerprint density at radius 2 is 1.88 bits per heavy atom. The average Bonchev–Trinajstić information content (AvgIpc) is 2.77. The summed E-state index contributed by atoms with van der Waals surface area (Å²) in [4.78, 5) is 22.4. The molecule has 0 spiro atoms. The lowest BCUT2D eigenvalue weighted by Gasteiger charge is -2.32. The molecule has 1 fully saturated rings. The Hall–Kier alpha value is -2.75. The van der Waals surface area contributed by atoms with Crippen LogP contribution in [-0.4, -0.2) is 54.6 Å². The Morgan fingerprint density at radius 1 is 1.21 bits per heavy atom. The Balaban J connectivity index is 1.59. The van der Waals surface area contributed by atoms with E-state index in [0.29, 0.717) is 49.7 Å². The van der Waals surface area contributed by atoms with Gasteiger partial charge in [-0.1, -0.05) is 20.3 Å². The highest BCUT2D eigenvalue weighted by Gasteiger charge is 2.25. The van der Waals surface area contributed by atoms with Gasteiger partial charge in [-0.05, 0) is 37.5 Å². The van der Waals surface area contributed by atoms with Gasteiger partial charge in [0.25, 0.3) is 0 Å². The molecule has 186 valence electrons. The summed E-state index contributed by atoms with van der Waals surface area (Å²) in [5.74, 6) is 0.282. The minimum absolute atomic E-state index is 0.105. The topological polar surface area (TPSA) is 98.7 Å². The Morgan fingerprint density at radius 3 is 2.50 bits per heavy atom. The number of amides is 1. The zero-order chi connectivity index (χ0) is 24.9. The SMILES string of the molecule is Cc1c(Oc2ccc(S(C)(=O)=O)cc2F)ncnc1OC1CCN(C(=O)CCCC(C)C)CC1. The quantitative estimate of drug-likeness (QED) is 0.513. The van der Waals surface area contributed by atoms with Crippen molar-refractivity contribution in [1.82, 2.24) is 14.9 Å². The second-order valence-electron chi connectivity index (χ2n) is 9.06. The third kappa shape index (κ3) is 6.88. The Bertz CT molecular complexity index is 1120. The van der Waals surface area contributed by atoms with E-state index in [1.807, 2.05) is 4.90 Å². The van der Waals surface area contributed by atoms with Crippen LogP contribution in [0.1, 0.15) is 51.5 Å². The molecule has 0 radical (unpaired) electrons. The van der Waals surface area contributed by atoms with Crippen molar-refractivity contribution in [2.24, 2.45) is 5.92 Å². The maximum absolute atomic E-state index is 14.4. The van der Waals surface area contributed by atoms with Gasteiger partial charge < -0.3 is 14.4 Å². The summed E-state index contributed by atoms with van der Waals surface area (Å²) in [6.07, 6.45) is 6.10. The van der Waals surface area contributed by atoms with Crippen molar-refractivity contribution in [1.29, 1.82) is 0 Å². The van der Waals surface area contributed by atoms with Crippen LogP contribution in [0.25, 0.3) is 0 Å². The molecule has 0 aliphatic carbocycles. The van der Waals surface area contributed by atoms with Crippen LogP contribution in [0, 0.1) is 18.7 Å². The van der Waals surface area contributed by atoms with Crippen molar-refractivity contribution in [2.75, 3.05) is 19.3 Å². The number of halogens is 1. The monoisotopic (exact) mass is 493 g/mol. The van der Waals surface area contributed by atoms with Crippen LogP contribution >= 0.6 is 0 Å². The first kappa shape index (κ1) is 25.9. The van der Waals surface area contributed by atoms with Crippen LogP contribution < -0.4 is 9.47 Å². The average molecular weight is 494 g/mol. The van der Waals surface area contributed by atoms with Gasteiger partial charge in [0.05, 0.1) is 10.5 Å². The lowest BCUT2D eigenvalue weighted by Crippen LogP contribution is -2.41. The van der Waals surface area contributed by atoms with Gasteiger partial charge >= 0.3 is 0 Å². The number of ether oxygens (including phenoxy) is 2. The third-order valence-corrected chi connectivity index (χ3v) is 6.89. The summed E-state index contributed by atoms with van der Waals surface area (Å²) in [6.45, 7) is 7.29. The largest absolute Gasteiger partial charge is 0.474 e. The van der Waals surface area contributed by atoms with Gasteiger partial charge in [-0.15, -0.1) is 0 Å². The van der Waals surface area contributed by atoms with E-state index in [1.165, 1.54) is 18.5 Å². The fourth-order valence-corrected chi connectivity index (χ4v) is 4.37. The number of likely N-dealkylation sites (tertiary alicyclic amines) is 1. The molecule has 1 aliphatic rings. The van der Waals surface area contributed by atoms with Crippen molar-refractivity contribution in [3.63, 3.8) is 0 Å². The van der Waals surface area contributed by atoms with Gasteiger partial charge in [0.1, 0.15) is 12.4 Å². The van der Waals surface area contributed by atoms with Crippen LogP contribution in [0.4, 0.5) is 4.39 Å². The molecular formula is C24H32FN3O5S. The van der Waals surface area contributed by atoms with Gasteiger partial charge in [0, 0.05) is 38.6 Å². The van der Waals surface area contributed by atoms with E-state index in [1.54, 1.807) is 6.92 Å². The Kier molecular flexibility index (Phi) is 8.46. The molecule has 8 nitrogen and oxygen atoms in total. The molecule has 3 rings (SSSR count). The Labute approximate surface area is 200 Å². The van der Waals surface area contributed by atoms with Crippen LogP contribution in [0.15, 0.2) is 29.4 Å². The standard InChI is InChI=1S/C24H32FN3O5S/c1-16(2)6-5-7-22(29)28-12-10-18(11-13-28)32-23-17(3)24(27-15-26-23)33-21-9-8-19(14-20(21)25)34(4,30)31/h8-9,14-16,18H,5-7,10-13H2,1-4H3. The van der Waals surface area contributed by atoms with E-state index in [2.05, 4.69) is 23.8 Å². The summed E-state index contributed by atoms with van der Waals surface area (Å²) < 4.78 is 49.2. The highest BCUT2D eigenvalue weighted by molar-refractivity contribution is 7.90. The summed E-state index contributed by atoms with van der Waals surface area (Å²) in [7, 11) is -3.53. The molecule has 0 atom stereocenters. The lowest BCUT2D eigenvalue weighted by atomic mass is 10.0. The van der Waals surface area contributed by atoms with Crippen molar-refractivity contribution in [2.45, 2.75) is 63.9 Å². The first-order valence-corrected chi connectivity index (χ1v) is 13.4. The predicted molar refractivity (Wildman–Crippen MR) is 125 cm³/mol. The molecule has 2 heterocycles.